The molecule has 0 fully saturated rings. The van der Waals surface area contributed by atoms with Crippen molar-refractivity contribution < 1.29 is 4.79 Å². The van der Waals surface area contributed by atoms with Crippen LogP contribution >= 0.6 is 15.9 Å². The van der Waals surface area contributed by atoms with Crippen molar-refractivity contribution >= 4 is 21.7 Å². The molecule has 0 amide bonds. The van der Waals surface area contributed by atoms with Crippen LogP contribution < -0.4 is 0 Å². The maximum absolute atomic E-state index is 12.3. The molecule has 0 N–H and O–H groups in total. The van der Waals surface area contributed by atoms with Gasteiger partial charge in [0, 0.05) is 5.56 Å². The van der Waals surface area contributed by atoms with E-state index in [1.54, 1.807) is 0 Å². The van der Waals surface area contributed by atoms with Gasteiger partial charge in [0.2, 0.25) is 0 Å². The Morgan fingerprint density at radius 2 is 2.00 bits per heavy atom. The average Bonchev–Trinajstić information content (AvgIpc) is 2.39. The van der Waals surface area contributed by atoms with E-state index >= 15 is 0 Å². The third kappa shape index (κ3) is 2.62. The van der Waals surface area contributed by atoms with Crippen LogP contribution in [0.25, 0.3) is 0 Å². The van der Waals surface area contributed by atoms with Crippen LogP contribution in [0.4, 0.5) is 0 Å². The zero-order valence-electron chi connectivity index (χ0n) is 10.7. The van der Waals surface area contributed by atoms with Crippen molar-refractivity contribution in [1.29, 1.82) is 0 Å². The number of carbonyl (C=O) groups is 1. The average molecular weight is 295 g/mol. The van der Waals surface area contributed by atoms with E-state index in [2.05, 4.69) is 54.9 Å². The number of carbonyl (C=O) groups excluding carboxylic acids is 1. The van der Waals surface area contributed by atoms with Crippen LogP contribution in [0, 0.1) is 0 Å². The predicted molar refractivity (Wildman–Crippen MR) is 75.1 cm³/mol. The summed E-state index contributed by atoms with van der Waals surface area (Å²) in [5, 5.41) is 0. The molecular formula is C15H19BrO. The van der Waals surface area contributed by atoms with E-state index in [9.17, 15) is 4.79 Å². The van der Waals surface area contributed by atoms with E-state index in [1.807, 2.05) is 0 Å². The topological polar surface area (TPSA) is 17.1 Å². The number of hydrogen-bond donors (Lipinski definition) is 0. The maximum atomic E-state index is 12.3. The van der Waals surface area contributed by atoms with E-state index in [4.69, 9.17) is 0 Å². The largest absolute Gasteiger partial charge is 0.293 e. The first-order valence-electron chi connectivity index (χ1n) is 6.21. The second-order valence-electron chi connectivity index (χ2n) is 5.85. The standard InChI is InChI=1S/C15H19BrO/c1-15(2,3)11-8-7-10-5-4-6-13(16)14(17)12(10)9-11/h7-9,13H,4-6H2,1-3H3. The molecule has 0 aliphatic heterocycles. The molecule has 1 aliphatic carbocycles. The third-order valence-corrected chi connectivity index (χ3v) is 4.30. The van der Waals surface area contributed by atoms with Gasteiger partial charge >= 0.3 is 0 Å². The number of ketones is 1. The van der Waals surface area contributed by atoms with Gasteiger partial charge in [-0.05, 0) is 41.9 Å². The van der Waals surface area contributed by atoms with Crippen molar-refractivity contribution in [2.45, 2.75) is 50.3 Å². The Hall–Kier alpha value is -0.630. The van der Waals surface area contributed by atoms with Gasteiger partial charge in [0.05, 0.1) is 4.83 Å². The molecule has 1 nitrogen and oxygen atoms in total. The lowest BCUT2D eigenvalue weighted by Crippen LogP contribution is -2.16. The molecule has 92 valence electrons. The van der Waals surface area contributed by atoms with Gasteiger partial charge in [-0.2, -0.15) is 0 Å². The molecule has 0 heterocycles. The molecule has 2 rings (SSSR count). The number of aryl methyl sites for hydroxylation is 1. The number of Topliss-reactive ketones (excluding diaryl/α,β-unsaturated/α-hetero) is 1. The smallest absolute Gasteiger partial charge is 0.176 e. The highest BCUT2D eigenvalue weighted by molar-refractivity contribution is 9.10. The van der Waals surface area contributed by atoms with Gasteiger partial charge in [0.25, 0.3) is 0 Å². The lowest BCUT2D eigenvalue weighted by molar-refractivity contribution is 0.0990. The molecule has 0 saturated heterocycles. The second-order valence-corrected chi connectivity index (χ2v) is 6.95. The fourth-order valence-corrected chi connectivity index (χ4v) is 2.83. The van der Waals surface area contributed by atoms with E-state index in [-0.39, 0.29) is 16.0 Å². The molecule has 0 aromatic heterocycles. The van der Waals surface area contributed by atoms with Crippen LogP contribution in [0.5, 0.6) is 0 Å². The van der Waals surface area contributed by atoms with Crippen molar-refractivity contribution in [3.63, 3.8) is 0 Å². The maximum Gasteiger partial charge on any atom is 0.176 e. The third-order valence-electron chi connectivity index (χ3n) is 3.43. The van der Waals surface area contributed by atoms with E-state index < -0.39 is 0 Å². The monoisotopic (exact) mass is 294 g/mol. The fourth-order valence-electron chi connectivity index (χ4n) is 2.26. The summed E-state index contributed by atoms with van der Waals surface area (Å²) >= 11 is 3.50. The minimum atomic E-state index is -0.000955. The lowest BCUT2D eigenvalue weighted by Gasteiger charge is -2.20. The summed E-state index contributed by atoms with van der Waals surface area (Å²) in [5.41, 5.74) is 3.48. The summed E-state index contributed by atoms with van der Waals surface area (Å²) in [6, 6.07) is 6.40. The van der Waals surface area contributed by atoms with Crippen molar-refractivity contribution in [2.24, 2.45) is 0 Å². The van der Waals surface area contributed by atoms with Crippen LogP contribution in [-0.2, 0) is 11.8 Å². The number of benzene rings is 1. The van der Waals surface area contributed by atoms with Gasteiger partial charge in [-0.25, -0.2) is 0 Å². The first-order chi connectivity index (χ1) is 7.89. The number of rotatable bonds is 0. The molecular weight excluding hydrogens is 276 g/mol. The number of hydrogen-bond acceptors (Lipinski definition) is 1. The zero-order chi connectivity index (χ0) is 12.6. The first kappa shape index (κ1) is 12.8. The zero-order valence-corrected chi connectivity index (χ0v) is 12.3. The molecule has 2 heteroatoms. The quantitative estimate of drug-likeness (QED) is 0.516. The normalized spacial score (nSPS) is 20.9. The van der Waals surface area contributed by atoms with Crippen LogP contribution in [0.3, 0.4) is 0 Å². The molecule has 0 radical (unpaired) electrons. The Balaban J connectivity index is 2.49. The SMILES string of the molecule is CC(C)(C)c1ccc2c(c1)C(=O)C(Br)CCC2. The molecule has 0 saturated carbocycles. The molecule has 17 heavy (non-hydrogen) atoms. The highest BCUT2D eigenvalue weighted by Crippen LogP contribution is 2.29. The first-order valence-corrected chi connectivity index (χ1v) is 7.13. The Morgan fingerprint density at radius 3 is 2.65 bits per heavy atom. The van der Waals surface area contributed by atoms with Crippen molar-refractivity contribution in [3.05, 3.63) is 34.9 Å². The van der Waals surface area contributed by atoms with Gasteiger partial charge in [-0.1, -0.05) is 48.8 Å². The summed E-state index contributed by atoms with van der Waals surface area (Å²) < 4.78 is 0. The molecule has 0 spiro atoms. The number of alkyl halides is 1. The lowest BCUT2D eigenvalue weighted by atomic mass is 9.84. The summed E-state index contributed by atoms with van der Waals surface area (Å²) in [5.74, 6) is 0.253. The van der Waals surface area contributed by atoms with Gasteiger partial charge in [-0.15, -0.1) is 0 Å². The number of fused-ring (bicyclic) bond motifs is 1. The van der Waals surface area contributed by atoms with Gasteiger partial charge in [-0.3, -0.25) is 4.79 Å². The van der Waals surface area contributed by atoms with Gasteiger partial charge in [0.15, 0.2) is 5.78 Å². The summed E-state index contributed by atoms with van der Waals surface area (Å²) in [7, 11) is 0. The van der Waals surface area contributed by atoms with E-state index in [0.29, 0.717) is 0 Å². The van der Waals surface area contributed by atoms with Crippen LogP contribution in [0.15, 0.2) is 18.2 Å². The van der Waals surface area contributed by atoms with E-state index in [1.165, 1.54) is 11.1 Å². The predicted octanol–water partition coefficient (Wildman–Crippen LogP) is 4.27. The summed E-state index contributed by atoms with van der Waals surface area (Å²) in [6.07, 6.45) is 3.05. The highest BCUT2D eigenvalue weighted by Gasteiger charge is 2.25. The van der Waals surface area contributed by atoms with Crippen LogP contribution in [-0.4, -0.2) is 10.6 Å². The molecule has 0 bridgehead atoms. The molecule has 1 aromatic rings. The Kier molecular flexibility index (Phi) is 3.44. The van der Waals surface area contributed by atoms with Crippen LogP contribution in [0.2, 0.25) is 0 Å². The Bertz CT molecular complexity index is 443. The Labute approximate surface area is 112 Å². The summed E-state index contributed by atoms with van der Waals surface area (Å²) in [4.78, 5) is 12.3. The highest BCUT2D eigenvalue weighted by atomic mass is 79.9. The summed E-state index contributed by atoms with van der Waals surface area (Å²) in [6.45, 7) is 6.55. The molecule has 1 aliphatic rings. The fraction of sp³-hybridized carbons (Fsp3) is 0.533. The minimum Gasteiger partial charge on any atom is -0.293 e. The van der Waals surface area contributed by atoms with Crippen molar-refractivity contribution in [3.8, 4) is 0 Å². The molecule has 1 aromatic carbocycles. The van der Waals surface area contributed by atoms with Crippen molar-refractivity contribution in [2.75, 3.05) is 0 Å². The minimum absolute atomic E-state index is 0.000955. The van der Waals surface area contributed by atoms with Crippen LogP contribution in [0.1, 0.15) is 55.1 Å². The molecule has 1 atom stereocenters. The molecule has 1 unspecified atom stereocenters. The Morgan fingerprint density at radius 1 is 1.29 bits per heavy atom. The van der Waals surface area contributed by atoms with Crippen molar-refractivity contribution in [1.82, 2.24) is 0 Å². The van der Waals surface area contributed by atoms with E-state index in [0.717, 1.165) is 24.8 Å². The van der Waals surface area contributed by atoms with Gasteiger partial charge < -0.3 is 0 Å². The number of halogens is 1. The van der Waals surface area contributed by atoms with Gasteiger partial charge in [0.1, 0.15) is 0 Å². The second kappa shape index (κ2) is 4.56.